The van der Waals surface area contributed by atoms with Gasteiger partial charge in [0.15, 0.2) is 5.60 Å². The predicted molar refractivity (Wildman–Crippen MR) is 105 cm³/mol. The molecule has 0 aliphatic carbocycles. The van der Waals surface area contributed by atoms with E-state index < -0.39 is 42.5 Å². The minimum absolute atomic E-state index is 0.0170. The molecule has 11 heteroatoms. The van der Waals surface area contributed by atoms with Crippen LogP contribution in [0.5, 0.6) is 0 Å². The molecule has 0 aliphatic rings. The predicted octanol–water partition coefficient (Wildman–Crippen LogP) is 0.746. The summed E-state index contributed by atoms with van der Waals surface area (Å²) in [5.41, 5.74) is -2.19. The van der Waals surface area contributed by atoms with Crippen molar-refractivity contribution in [1.29, 1.82) is 0 Å². The molecule has 0 spiro atoms. The van der Waals surface area contributed by atoms with E-state index in [2.05, 4.69) is 0 Å². The lowest BCUT2D eigenvalue weighted by atomic mass is 9.95. The molecule has 178 valence electrons. The van der Waals surface area contributed by atoms with E-state index in [4.69, 9.17) is 39.7 Å². The van der Waals surface area contributed by atoms with Crippen molar-refractivity contribution >= 4 is 17.9 Å². The quantitative estimate of drug-likeness (QED) is 0.214. The van der Waals surface area contributed by atoms with Gasteiger partial charge in [-0.25, -0.2) is 4.79 Å². The second-order valence-corrected chi connectivity index (χ2v) is 6.96. The number of carbonyl (C=O) groups is 3. The van der Waals surface area contributed by atoms with E-state index >= 15 is 0 Å². The van der Waals surface area contributed by atoms with Gasteiger partial charge in [0.2, 0.25) is 0 Å². The molecule has 11 nitrogen and oxygen atoms in total. The molecule has 30 heavy (non-hydrogen) atoms. The van der Waals surface area contributed by atoms with E-state index in [1.807, 2.05) is 13.8 Å². The molecule has 0 aliphatic heterocycles. The first-order valence-electron chi connectivity index (χ1n) is 9.73. The number of carboxylic acids is 3. The van der Waals surface area contributed by atoms with Gasteiger partial charge < -0.3 is 39.7 Å². The number of rotatable bonds is 16. The van der Waals surface area contributed by atoms with E-state index in [1.54, 1.807) is 13.8 Å². The van der Waals surface area contributed by atoms with Crippen molar-refractivity contribution in [3.8, 4) is 0 Å². The van der Waals surface area contributed by atoms with Gasteiger partial charge in [0.05, 0.1) is 51.0 Å². The van der Waals surface area contributed by atoms with E-state index in [0.717, 1.165) is 6.42 Å². The number of ether oxygens (including phenoxy) is 3. The van der Waals surface area contributed by atoms with E-state index in [0.29, 0.717) is 19.6 Å². The molecule has 0 saturated heterocycles. The van der Waals surface area contributed by atoms with Crippen molar-refractivity contribution in [3.05, 3.63) is 0 Å². The first kappa shape index (κ1) is 30.4. The highest BCUT2D eigenvalue weighted by Crippen LogP contribution is 2.22. The number of aliphatic hydroxyl groups excluding tert-OH is 2. The highest BCUT2D eigenvalue weighted by molar-refractivity contribution is 5.88. The lowest BCUT2D eigenvalue weighted by molar-refractivity contribution is -0.178. The minimum Gasteiger partial charge on any atom is -0.481 e. The highest BCUT2D eigenvalue weighted by atomic mass is 16.5. The van der Waals surface area contributed by atoms with Crippen LogP contribution in [0.2, 0.25) is 0 Å². The molecule has 0 amide bonds. The zero-order valence-corrected chi connectivity index (χ0v) is 18.1. The first-order chi connectivity index (χ1) is 13.9. The molecule has 0 heterocycles. The first-order valence-corrected chi connectivity index (χ1v) is 9.73. The van der Waals surface area contributed by atoms with Crippen molar-refractivity contribution in [1.82, 2.24) is 0 Å². The highest BCUT2D eigenvalue weighted by Gasteiger charge is 2.44. The van der Waals surface area contributed by atoms with Crippen LogP contribution in [0.15, 0.2) is 0 Å². The van der Waals surface area contributed by atoms with Crippen LogP contribution in [-0.4, -0.2) is 93.8 Å². The van der Waals surface area contributed by atoms with Gasteiger partial charge in [-0.2, -0.15) is 0 Å². The van der Waals surface area contributed by atoms with Crippen LogP contribution in [0.25, 0.3) is 0 Å². The van der Waals surface area contributed by atoms with Gasteiger partial charge in [0.25, 0.3) is 0 Å². The summed E-state index contributed by atoms with van der Waals surface area (Å²) in [6.45, 7) is 7.97. The molecule has 0 rings (SSSR count). The number of unbranched alkanes of at least 4 members (excludes halogenated alkanes) is 1. The summed E-state index contributed by atoms with van der Waals surface area (Å²) in [7, 11) is 0. The molecule has 0 fully saturated rings. The maximum absolute atomic E-state index is 11.0. The zero-order valence-electron chi connectivity index (χ0n) is 18.1. The van der Waals surface area contributed by atoms with Crippen molar-refractivity contribution in [2.45, 2.75) is 77.3 Å². The lowest BCUT2D eigenvalue weighted by Gasteiger charge is -2.26. The van der Waals surface area contributed by atoms with E-state index in [-0.39, 0.29) is 25.4 Å². The second-order valence-electron chi connectivity index (χ2n) is 6.96. The summed E-state index contributed by atoms with van der Waals surface area (Å²) in [6, 6.07) is 0. The fourth-order valence-corrected chi connectivity index (χ4v) is 1.98. The van der Waals surface area contributed by atoms with Crippen molar-refractivity contribution in [2.24, 2.45) is 0 Å². The zero-order chi connectivity index (χ0) is 23.7. The van der Waals surface area contributed by atoms with Crippen LogP contribution < -0.4 is 0 Å². The van der Waals surface area contributed by atoms with Crippen molar-refractivity contribution < 1.29 is 54.1 Å². The lowest BCUT2D eigenvalue weighted by Crippen LogP contribution is -2.45. The molecule has 0 bridgehead atoms. The molecular weight excluding hydrogens is 404 g/mol. The summed E-state index contributed by atoms with van der Waals surface area (Å²) in [5, 5.41) is 43.8. The second kappa shape index (κ2) is 16.9. The molecule has 0 saturated carbocycles. The van der Waals surface area contributed by atoms with Crippen LogP contribution in [0.3, 0.4) is 0 Å². The Bertz CT molecular complexity index is 477. The van der Waals surface area contributed by atoms with E-state index in [9.17, 15) is 14.4 Å². The molecular formula is C19H36O11. The van der Waals surface area contributed by atoms with Crippen molar-refractivity contribution in [3.63, 3.8) is 0 Å². The Morgan fingerprint density at radius 2 is 1.40 bits per heavy atom. The Kier molecular flexibility index (Phi) is 17.2. The Morgan fingerprint density at radius 3 is 1.77 bits per heavy atom. The maximum atomic E-state index is 11.0. The Morgan fingerprint density at radius 1 is 0.900 bits per heavy atom. The van der Waals surface area contributed by atoms with E-state index in [1.165, 1.54) is 0 Å². The molecule has 0 radical (unpaired) electrons. The molecule has 3 atom stereocenters. The average Bonchev–Trinajstić information content (AvgIpc) is 2.63. The summed E-state index contributed by atoms with van der Waals surface area (Å²) in [5.74, 6) is -4.39. The van der Waals surface area contributed by atoms with Crippen LogP contribution in [-0.2, 0) is 28.6 Å². The fraction of sp³-hybridized carbons (Fsp3) is 0.842. The monoisotopic (exact) mass is 440 g/mol. The molecule has 0 aromatic rings. The van der Waals surface area contributed by atoms with Crippen LogP contribution >= 0.6 is 0 Å². The van der Waals surface area contributed by atoms with Crippen molar-refractivity contribution in [2.75, 3.05) is 26.4 Å². The smallest absolute Gasteiger partial charge is 0.337 e. The topological polar surface area (TPSA) is 180 Å². The number of aliphatic hydroxyl groups is 2. The summed E-state index contributed by atoms with van der Waals surface area (Å²) < 4.78 is 15.5. The number of aliphatic carboxylic acids is 3. The third kappa shape index (κ3) is 16.1. The maximum Gasteiger partial charge on any atom is 0.337 e. The summed E-state index contributed by atoms with van der Waals surface area (Å²) in [6.07, 6.45) is -1.14. The Labute approximate surface area is 176 Å². The molecule has 0 aromatic carbocycles. The Balaban J connectivity index is 0. The van der Waals surface area contributed by atoms with Gasteiger partial charge >= 0.3 is 17.9 Å². The SMILES string of the molecule is CC(O)COC(C)COC(C)CO.CCCCOC(CC(=O)O)(CC(=O)O)C(=O)O. The molecule has 0 aromatic heterocycles. The number of hydrogen-bond donors (Lipinski definition) is 5. The van der Waals surface area contributed by atoms with Gasteiger partial charge in [-0.1, -0.05) is 13.3 Å². The summed E-state index contributed by atoms with van der Waals surface area (Å²) in [4.78, 5) is 32.2. The molecule has 5 N–H and O–H groups in total. The third-order valence-corrected chi connectivity index (χ3v) is 3.63. The van der Waals surface area contributed by atoms with Gasteiger partial charge in [0.1, 0.15) is 0 Å². The number of hydrogen-bond acceptors (Lipinski definition) is 8. The van der Waals surface area contributed by atoms with Crippen LogP contribution in [0.4, 0.5) is 0 Å². The largest absolute Gasteiger partial charge is 0.481 e. The third-order valence-electron chi connectivity index (χ3n) is 3.63. The van der Waals surface area contributed by atoms with Gasteiger partial charge in [-0.3, -0.25) is 9.59 Å². The standard InChI is InChI=1S/C10H16O7.C9H20O4/c1-2-3-4-17-10(9(15)16,5-7(11)12)6-8(13)14;1-7(11)5-12-9(3)6-13-8(2)4-10/h2-6H2,1H3,(H,11,12)(H,13,14)(H,15,16);7-11H,4-6H2,1-3H3. The van der Waals surface area contributed by atoms with Crippen LogP contribution in [0.1, 0.15) is 53.4 Å². The normalized spacial score (nSPS) is 14.2. The minimum atomic E-state index is -2.19. The van der Waals surface area contributed by atoms with Gasteiger partial charge in [0, 0.05) is 6.61 Å². The van der Waals surface area contributed by atoms with Gasteiger partial charge in [-0.05, 0) is 27.2 Å². The number of carboxylic acid groups (broad SMARTS) is 3. The Hall–Kier alpha value is -1.79. The van der Waals surface area contributed by atoms with Crippen LogP contribution in [0, 0.1) is 0 Å². The summed E-state index contributed by atoms with van der Waals surface area (Å²) >= 11 is 0. The average molecular weight is 440 g/mol. The molecule has 3 unspecified atom stereocenters. The van der Waals surface area contributed by atoms with Gasteiger partial charge in [-0.15, -0.1) is 0 Å². The fourth-order valence-electron chi connectivity index (χ4n) is 1.98.